The largest absolute Gasteiger partial charge is 0.444 e. The van der Waals surface area contributed by atoms with Gasteiger partial charge in [0.05, 0.1) is 12.2 Å². The van der Waals surface area contributed by atoms with E-state index in [1.54, 1.807) is 4.90 Å². The number of fused-ring (bicyclic) bond motifs is 2. The van der Waals surface area contributed by atoms with Crippen LogP contribution in [0.25, 0.3) is 10.8 Å². The third-order valence-corrected chi connectivity index (χ3v) is 5.64. The lowest BCUT2D eigenvalue weighted by Crippen LogP contribution is -2.39. The van der Waals surface area contributed by atoms with Crippen molar-refractivity contribution in [1.82, 2.24) is 9.88 Å². The Morgan fingerprint density at radius 2 is 1.90 bits per heavy atom. The molecule has 0 radical (unpaired) electrons. The number of ether oxygens (including phenoxy) is 1. The van der Waals surface area contributed by atoms with E-state index in [2.05, 4.69) is 10.3 Å². The topological polar surface area (TPSA) is 71.5 Å². The van der Waals surface area contributed by atoms with Crippen molar-refractivity contribution in [3.05, 3.63) is 58.6 Å². The highest BCUT2D eigenvalue weighted by atomic mass is 32.1. The van der Waals surface area contributed by atoms with Gasteiger partial charge in [0.1, 0.15) is 5.60 Å². The predicted octanol–water partition coefficient (Wildman–Crippen LogP) is 4.84. The number of carbonyl (C=O) groups is 2. The first kappa shape index (κ1) is 19.4. The molecule has 0 bridgehead atoms. The molecule has 2 amide bonds. The van der Waals surface area contributed by atoms with Gasteiger partial charge in [0, 0.05) is 23.4 Å². The van der Waals surface area contributed by atoms with Gasteiger partial charge in [0.25, 0.3) is 5.91 Å². The van der Waals surface area contributed by atoms with Gasteiger partial charge in [-0.25, -0.2) is 9.78 Å². The van der Waals surface area contributed by atoms with Gasteiger partial charge in [-0.2, -0.15) is 0 Å². The van der Waals surface area contributed by atoms with Crippen LogP contribution in [0.5, 0.6) is 0 Å². The number of anilines is 1. The van der Waals surface area contributed by atoms with E-state index in [0.29, 0.717) is 30.2 Å². The average molecular weight is 410 g/mol. The highest BCUT2D eigenvalue weighted by Gasteiger charge is 2.28. The minimum absolute atomic E-state index is 0.183. The highest BCUT2D eigenvalue weighted by Crippen LogP contribution is 2.30. The van der Waals surface area contributed by atoms with E-state index in [-0.39, 0.29) is 12.0 Å². The summed E-state index contributed by atoms with van der Waals surface area (Å²) in [5, 5.41) is 5.41. The van der Waals surface area contributed by atoms with E-state index in [9.17, 15) is 9.59 Å². The predicted molar refractivity (Wildman–Crippen MR) is 114 cm³/mol. The molecular weight excluding hydrogens is 386 g/mol. The smallest absolute Gasteiger partial charge is 0.410 e. The number of benzene rings is 2. The molecule has 0 atom stereocenters. The fourth-order valence-corrected chi connectivity index (χ4v) is 4.34. The van der Waals surface area contributed by atoms with Crippen molar-refractivity contribution in [1.29, 1.82) is 0 Å². The molecule has 7 heteroatoms. The quantitative estimate of drug-likeness (QED) is 0.657. The number of hydrogen-bond donors (Lipinski definition) is 1. The lowest BCUT2D eigenvalue weighted by atomic mass is 10.0. The molecule has 2 aromatic carbocycles. The zero-order valence-corrected chi connectivity index (χ0v) is 17.5. The number of nitrogens with one attached hydrogen (secondary N) is 1. The Labute approximate surface area is 173 Å². The Hall–Kier alpha value is -2.93. The summed E-state index contributed by atoms with van der Waals surface area (Å²) in [6.45, 7) is 6.57. The molecule has 6 nitrogen and oxygen atoms in total. The van der Waals surface area contributed by atoms with Crippen molar-refractivity contribution < 1.29 is 14.3 Å². The van der Waals surface area contributed by atoms with Crippen LogP contribution in [-0.4, -0.2) is 34.0 Å². The van der Waals surface area contributed by atoms with E-state index in [1.807, 2.05) is 63.2 Å². The van der Waals surface area contributed by atoms with Crippen LogP contribution in [-0.2, 0) is 17.7 Å². The summed E-state index contributed by atoms with van der Waals surface area (Å²) in [5.74, 6) is -0.183. The zero-order chi connectivity index (χ0) is 20.6. The highest BCUT2D eigenvalue weighted by molar-refractivity contribution is 7.15. The summed E-state index contributed by atoms with van der Waals surface area (Å²) in [7, 11) is 0. The second kappa shape index (κ2) is 7.48. The van der Waals surface area contributed by atoms with Gasteiger partial charge in [-0.05, 0) is 37.6 Å². The van der Waals surface area contributed by atoms with Gasteiger partial charge in [0.2, 0.25) is 0 Å². The van der Waals surface area contributed by atoms with Gasteiger partial charge in [-0.1, -0.05) is 47.7 Å². The summed E-state index contributed by atoms with van der Waals surface area (Å²) in [5.41, 5.74) is 1.03. The Balaban J connectivity index is 1.50. The van der Waals surface area contributed by atoms with Gasteiger partial charge in [-0.15, -0.1) is 0 Å². The molecule has 4 rings (SSSR count). The first-order chi connectivity index (χ1) is 13.8. The molecular formula is C22H23N3O3S. The number of thiazole rings is 1. The first-order valence-corrected chi connectivity index (χ1v) is 10.4. The van der Waals surface area contributed by atoms with Crippen LogP contribution in [0.15, 0.2) is 42.5 Å². The van der Waals surface area contributed by atoms with Crippen LogP contribution in [0.3, 0.4) is 0 Å². The molecule has 0 fully saturated rings. The lowest BCUT2D eigenvalue weighted by molar-refractivity contribution is 0.0225. The number of amides is 2. The van der Waals surface area contributed by atoms with E-state index in [1.165, 1.54) is 11.3 Å². The minimum Gasteiger partial charge on any atom is -0.444 e. The van der Waals surface area contributed by atoms with Crippen LogP contribution in [0.4, 0.5) is 9.93 Å². The lowest BCUT2D eigenvalue weighted by Gasteiger charge is -2.29. The standard InChI is InChI=1S/C22H23N3O3S/c1-22(2,3)28-21(27)25-12-11-17-18(13-25)29-20(23-17)24-19(26)16-10-6-8-14-7-4-5-9-15(14)16/h4-10H,11-13H2,1-3H3,(H,23,24,26). The maximum atomic E-state index is 12.8. The van der Waals surface area contributed by atoms with E-state index >= 15 is 0 Å². The van der Waals surface area contributed by atoms with Crippen molar-refractivity contribution in [2.45, 2.75) is 39.3 Å². The number of carbonyl (C=O) groups excluding carboxylic acids is 2. The van der Waals surface area contributed by atoms with Gasteiger partial charge in [0.15, 0.2) is 5.13 Å². The van der Waals surface area contributed by atoms with E-state index in [0.717, 1.165) is 21.3 Å². The molecule has 0 spiro atoms. The van der Waals surface area contributed by atoms with Crippen molar-refractivity contribution >= 4 is 39.2 Å². The second-order valence-electron chi connectivity index (χ2n) is 8.02. The monoisotopic (exact) mass is 409 g/mol. The molecule has 29 heavy (non-hydrogen) atoms. The fourth-order valence-electron chi connectivity index (χ4n) is 3.32. The third kappa shape index (κ3) is 4.24. The van der Waals surface area contributed by atoms with Crippen LogP contribution in [0.1, 0.15) is 41.7 Å². The van der Waals surface area contributed by atoms with Gasteiger partial charge < -0.3 is 9.64 Å². The third-order valence-electron chi connectivity index (χ3n) is 4.64. The van der Waals surface area contributed by atoms with Crippen LogP contribution < -0.4 is 5.32 Å². The molecule has 2 heterocycles. The summed E-state index contributed by atoms with van der Waals surface area (Å²) in [4.78, 5) is 32.4. The normalized spacial score (nSPS) is 13.8. The zero-order valence-electron chi connectivity index (χ0n) is 16.7. The molecule has 1 aliphatic heterocycles. The van der Waals surface area contributed by atoms with Gasteiger partial charge >= 0.3 is 6.09 Å². The van der Waals surface area contributed by atoms with Crippen molar-refractivity contribution in [2.24, 2.45) is 0 Å². The summed E-state index contributed by atoms with van der Waals surface area (Å²) >= 11 is 1.41. The number of aromatic nitrogens is 1. The molecule has 1 aromatic heterocycles. The molecule has 0 aliphatic carbocycles. The molecule has 0 unspecified atom stereocenters. The molecule has 3 aromatic rings. The summed E-state index contributed by atoms with van der Waals surface area (Å²) < 4.78 is 5.46. The molecule has 0 saturated carbocycles. The van der Waals surface area contributed by atoms with Crippen molar-refractivity contribution in [3.8, 4) is 0 Å². The van der Waals surface area contributed by atoms with Crippen LogP contribution in [0.2, 0.25) is 0 Å². The molecule has 150 valence electrons. The maximum Gasteiger partial charge on any atom is 0.410 e. The van der Waals surface area contributed by atoms with Crippen LogP contribution >= 0.6 is 11.3 Å². The number of rotatable bonds is 2. The average Bonchev–Trinajstić information content (AvgIpc) is 3.07. The Bertz CT molecular complexity index is 1080. The number of hydrogen-bond acceptors (Lipinski definition) is 5. The van der Waals surface area contributed by atoms with E-state index < -0.39 is 5.60 Å². The van der Waals surface area contributed by atoms with Crippen molar-refractivity contribution in [3.63, 3.8) is 0 Å². The second-order valence-corrected chi connectivity index (χ2v) is 9.11. The molecule has 1 aliphatic rings. The summed E-state index contributed by atoms with van der Waals surface area (Å²) in [6, 6.07) is 13.5. The molecule has 0 saturated heterocycles. The SMILES string of the molecule is CC(C)(C)OC(=O)N1CCc2nc(NC(=O)c3cccc4ccccc34)sc2C1. The summed E-state index contributed by atoms with van der Waals surface area (Å²) in [6.07, 6.45) is 0.327. The number of nitrogens with zero attached hydrogens (tertiary/aromatic N) is 2. The Morgan fingerprint density at radius 3 is 2.69 bits per heavy atom. The Morgan fingerprint density at radius 1 is 1.14 bits per heavy atom. The van der Waals surface area contributed by atoms with Crippen LogP contribution in [0, 0.1) is 0 Å². The Kier molecular flexibility index (Phi) is 5.00. The first-order valence-electron chi connectivity index (χ1n) is 9.56. The van der Waals surface area contributed by atoms with Gasteiger partial charge in [-0.3, -0.25) is 10.1 Å². The maximum absolute atomic E-state index is 12.8. The van der Waals surface area contributed by atoms with Crippen molar-refractivity contribution in [2.75, 3.05) is 11.9 Å². The van der Waals surface area contributed by atoms with E-state index in [4.69, 9.17) is 4.74 Å². The minimum atomic E-state index is -0.525. The fraction of sp³-hybridized carbons (Fsp3) is 0.318. The molecule has 1 N–H and O–H groups in total.